The molecule has 1 heterocycles. The van der Waals surface area contributed by atoms with Gasteiger partial charge in [-0.3, -0.25) is 9.10 Å². The molecule has 0 radical (unpaired) electrons. The molecule has 0 saturated carbocycles. The van der Waals surface area contributed by atoms with Crippen molar-refractivity contribution in [1.29, 1.82) is 0 Å². The molecule has 0 spiro atoms. The summed E-state index contributed by atoms with van der Waals surface area (Å²) in [5.41, 5.74) is 4.28. The Labute approximate surface area is 214 Å². The Hall–Kier alpha value is -3.01. The highest BCUT2D eigenvalue weighted by Crippen LogP contribution is 2.30. The van der Waals surface area contributed by atoms with Gasteiger partial charge in [-0.1, -0.05) is 41.4 Å². The zero-order valence-electron chi connectivity index (χ0n) is 18.9. The first kappa shape index (κ1) is 25.1. The van der Waals surface area contributed by atoms with Crippen LogP contribution in [0.2, 0.25) is 5.02 Å². The minimum atomic E-state index is -4.06. The SMILES string of the molecule is Cc1ccc(S(=O)(=O)N(CC(=O)N/N=C\c2ccc(OC3CSC3)cc2)c2ccccc2Cl)cc1. The van der Waals surface area contributed by atoms with E-state index in [1.54, 1.807) is 36.4 Å². The molecule has 0 aromatic heterocycles. The average Bonchev–Trinajstić information content (AvgIpc) is 2.81. The Balaban J connectivity index is 1.46. The van der Waals surface area contributed by atoms with E-state index >= 15 is 0 Å². The summed E-state index contributed by atoms with van der Waals surface area (Å²) in [6.45, 7) is 1.37. The topological polar surface area (TPSA) is 88.1 Å². The van der Waals surface area contributed by atoms with E-state index in [4.69, 9.17) is 16.3 Å². The summed E-state index contributed by atoms with van der Waals surface area (Å²) in [4.78, 5) is 12.7. The fourth-order valence-electron chi connectivity index (χ4n) is 3.24. The fourth-order valence-corrected chi connectivity index (χ4v) is 5.53. The highest BCUT2D eigenvalue weighted by atomic mass is 35.5. The molecule has 0 bridgehead atoms. The molecule has 1 fully saturated rings. The minimum absolute atomic E-state index is 0.0575. The average molecular weight is 530 g/mol. The first-order valence-corrected chi connectivity index (χ1v) is 13.8. The molecule has 182 valence electrons. The Kier molecular flexibility index (Phi) is 8.00. The number of aryl methyl sites for hydroxylation is 1. The van der Waals surface area contributed by atoms with Crippen molar-refractivity contribution in [2.45, 2.75) is 17.9 Å². The first-order chi connectivity index (χ1) is 16.8. The van der Waals surface area contributed by atoms with Crippen LogP contribution >= 0.6 is 23.4 Å². The number of hydrogen-bond donors (Lipinski definition) is 1. The predicted molar refractivity (Wildman–Crippen MR) is 141 cm³/mol. The van der Waals surface area contributed by atoms with Crippen molar-refractivity contribution < 1.29 is 17.9 Å². The van der Waals surface area contributed by atoms with E-state index in [1.807, 2.05) is 43.0 Å². The zero-order valence-corrected chi connectivity index (χ0v) is 21.3. The van der Waals surface area contributed by atoms with Crippen LogP contribution in [0.1, 0.15) is 11.1 Å². The van der Waals surface area contributed by atoms with Gasteiger partial charge in [0.2, 0.25) is 0 Å². The van der Waals surface area contributed by atoms with Gasteiger partial charge in [-0.25, -0.2) is 13.8 Å². The molecule has 3 aromatic rings. The maximum atomic E-state index is 13.4. The van der Waals surface area contributed by atoms with E-state index < -0.39 is 22.5 Å². The number of benzene rings is 3. The number of amides is 1. The van der Waals surface area contributed by atoms with E-state index in [9.17, 15) is 13.2 Å². The van der Waals surface area contributed by atoms with Gasteiger partial charge in [0, 0.05) is 11.5 Å². The van der Waals surface area contributed by atoms with Crippen LogP contribution in [-0.4, -0.2) is 44.7 Å². The molecule has 0 atom stereocenters. The number of anilines is 1. The molecule has 1 saturated heterocycles. The van der Waals surface area contributed by atoms with Crippen molar-refractivity contribution in [2.75, 3.05) is 22.4 Å². The standard InChI is InChI=1S/C25H24ClN3O4S2/c1-18-6-12-22(13-7-18)35(31,32)29(24-5-3-2-4-23(24)26)15-25(30)28-27-14-19-8-10-20(11-9-19)33-21-16-34-17-21/h2-14,21H,15-17H2,1H3,(H,28,30)/b27-14-. The zero-order chi connectivity index (χ0) is 24.8. The number of thioether (sulfide) groups is 1. The van der Waals surface area contributed by atoms with Crippen molar-refractivity contribution >= 4 is 51.2 Å². The molecule has 0 unspecified atom stereocenters. The van der Waals surface area contributed by atoms with Crippen LogP contribution < -0.4 is 14.5 Å². The van der Waals surface area contributed by atoms with Gasteiger partial charge in [0.25, 0.3) is 15.9 Å². The minimum Gasteiger partial charge on any atom is -0.489 e. The molecular weight excluding hydrogens is 506 g/mol. The maximum Gasteiger partial charge on any atom is 0.264 e. The molecule has 4 rings (SSSR count). The third-order valence-electron chi connectivity index (χ3n) is 5.21. The molecule has 35 heavy (non-hydrogen) atoms. The van der Waals surface area contributed by atoms with Gasteiger partial charge < -0.3 is 4.74 Å². The van der Waals surface area contributed by atoms with Gasteiger partial charge in [-0.2, -0.15) is 16.9 Å². The molecule has 3 aromatic carbocycles. The van der Waals surface area contributed by atoms with Crippen LogP contribution in [-0.2, 0) is 14.8 Å². The third-order valence-corrected chi connectivity index (χ3v) is 8.52. The van der Waals surface area contributed by atoms with E-state index in [0.29, 0.717) is 0 Å². The quantitative estimate of drug-likeness (QED) is 0.326. The number of nitrogens with one attached hydrogen (secondary N) is 1. The number of rotatable bonds is 9. The number of halogens is 1. The lowest BCUT2D eigenvalue weighted by Crippen LogP contribution is -2.39. The molecule has 1 aliphatic rings. The number of para-hydroxylation sites is 1. The molecule has 7 nitrogen and oxygen atoms in total. The number of carbonyl (C=O) groups is 1. The van der Waals surface area contributed by atoms with Gasteiger partial charge >= 0.3 is 0 Å². The Bertz CT molecular complexity index is 1310. The highest BCUT2D eigenvalue weighted by molar-refractivity contribution is 8.00. The first-order valence-electron chi connectivity index (χ1n) is 10.8. The Morgan fingerprint density at radius 1 is 1.11 bits per heavy atom. The lowest BCUT2D eigenvalue weighted by Gasteiger charge is -2.25. The second kappa shape index (κ2) is 11.2. The molecule has 1 N–H and O–H groups in total. The molecule has 0 aliphatic carbocycles. The summed E-state index contributed by atoms with van der Waals surface area (Å²) in [6.07, 6.45) is 1.74. The van der Waals surface area contributed by atoms with E-state index in [1.165, 1.54) is 18.3 Å². The summed E-state index contributed by atoms with van der Waals surface area (Å²) < 4.78 is 33.6. The van der Waals surface area contributed by atoms with Crippen molar-refractivity contribution in [1.82, 2.24) is 5.43 Å². The molecular formula is C25H24ClN3O4S2. The summed E-state index contributed by atoms with van der Waals surface area (Å²) in [7, 11) is -4.06. The van der Waals surface area contributed by atoms with Gasteiger partial charge in [0.05, 0.1) is 21.8 Å². The largest absolute Gasteiger partial charge is 0.489 e. The van der Waals surface area contributed by atoms with Crippen LogP contribution in [0, 0.1) is 6.92 Å². The summed E-state index contributed by atoms with van der Waals surface area (Å²) in [5, 5.41) is 4.18. The molecule has 1 amide bonds. The van der Waals surface area contributed by atoms with Crippen molar-refractivity contribution in [3.63, 3.8) is 0 Å². The Morgan fingerprint density at radius 2 is 1.80 bits per heavy atom. The van der Waals surface area contributed by atoms with Crippen molar-refractivity contribution in [3.8, 4) is 5.75 Å². The van der Waals surface area contributed by atoms with Crippen LogP contribution in [0.4, 0.5) is 5.69 Å². The Morgan fingerprint density at radius 3 is 2.43 bits per heavy atom. The maximum absolute atomic E-state index is 13.4. The van der Waals surface area contributed by atoms with E-state index in [2.05, 4.69) is 10.5 Å². The van der Waals surface area contributed by atoms with Gasteiger partial charge in [0.1, 0.15) is 18.4 Å². The number of hydrazone groups is 1. The summed E-state index contributed by atoms with van der Waals surface area (Å²) >= 11 is 8.13. The number of nitrogens with zero attached hydrogens (tertiary/aromatic N) is 2. The van der Waals surface area contributed by atoms with Crippen molar-refractivity contribution in [3.05, 3.63) is 88.9 Å². The van der Waals surface area contributed by atoms with E-state index in [-0.39, 0.29) is 21.7 Å². The number of sulfonamides is 1. The summed E-state index contributed by atoms with van der Waals surface area (Å²) in [6, 6.07) is 20.2. The fraction of sp³-hybridized carbons (Fsp3) is 0.200. The number of hydrogen-bond acceptors (Lipinski definition) is 6. The number of ether oxygens (including phenoxy) is 1. The monoisotopic (exact) mass is 529 g/mol. The van der Waals surface area contributed by atoms with Gasteiger partial charge in [-0.15, -0.1) is 0 Å². The summed E-state index contributed by atoms with van der Waals surface area (Å²) in [5.74, 6) is 2.17. The van der Waals surface area contributed by atoms with Crippen LogP contribution in [0.15, 0.2) is 82.8 Å². The highest BCUT2D eigenvalue weighted by Gasteiger charge is 2.28. The van der Waals surface area contributed by atoms with Gasteiger partial charge in [-0.05, 0) is 61.0 Å². The second-order valence-electron chi connectivity index (χ2n) is 7.92. The van der Waals surface area contributed by atoms with E-state index in [0.717, 1.165) is 32.7 Å². The van der Waals surface area contributed by atoms with Crippen LogP contribution in [0.25, 0.3) is 0 Å². The predicted octanol–water partition coefficient (Wildman–Crippen LogP) is 4.49. The van der Waals surface area contributed by atoms with Crippen LogP contribution in [0.5, 0.6) is 5.75 Å². The van der Waals surface area contributed by atoms with Crippen LogP contribution in [0.3, 0.4) is 0 Å². The lowest BCUT2D eigenvalue weighted by atomic mass is 10.2. The molecule has 10 heteroatoms. The number of carbonyl (C=O) groups excluding carboxylic acids is 1. The van der Waals surface area contributed by atoms with Gasteiger partial charge in [0.15, 0.2) is 0 Å². The molecule has 1 aliphatic heterocycles. The van der Waals surface area contributed by atoms with Crippen molar-refractivity contribution in [2.24, 2.45) is 5.10 Å². The second-order valence-corrected chi connectivity index (χ2v) is 11.3. The normalized spacial score (nSPS) is 13.9. The smallest absolute Gasteiger partial charge is 0.264 e. The lowest BCUT2D eigenvalue weighted by molar-refractivity contribution is -0.119. The third kappa shape index (κ3) is 6.36.